The maximum Gasteiger partial charge on any atom is 0.285 e. The van der Waals surface area contributed by atoms with Crippen LogP contribution in [-0.2, 0) is 13.5 Å². The Morgan fingerprint density at radius 2 is 1.77 bits per heavy atom. The first-order valence-corrected chi connectivity index (χ1v) is 9.96. The van der Waals surface area contributed by atoms with Crippen LogP contribution in [0.15, 0.2) is 72.8 Å². The number of aromatic nitrogens is 2. The predicted molar refractivity (Wildman–Crippen MR) is 119 cm³/mol. The minimum Gasteiger partial charge on any atom is -0.345 e. The molecule has 156 valence electrons. The van der Waals surface area contributed by atoms with E-state index in [1.165, 1.54) is 6.07 Å². The summed E-state index contributed by atoms with van der Waals surface area (Å²) in [5, 5.41) is 14.5. The third-order valence-electron chi connectivity index (χ3n) is 5.44. The summed E-state index contributed by atoms with van der Waals surface area (Å²) in [7, 11) is 1.94. The SMILES string of the molecule is Cc1cccc(C(=O)N[C@H](Cc2nc3ccccc3n2C)c2ccccc2)c1[N+](=O)[O-]. The average molecular weight is 414 g/mol. The molecule has 1 aromatic heterocycles. The van der Waals surface area contributed by atoms with Gasteiger partial charge in [0.1, 0.15) is 11.4 Å². The summed E-state index contributed by atoms with van der Waals surface area (Å²) in [4.78, 5) is 28.9. The van der Waals surface area contributed by atoms with Gasteiger partial charge in [-0.05, 0) is 30.7 Å². The third-order valence-corrected chi connectivity index (χ3v) is 5.44. The number of carbonyl (C=O) groups is 1. The first-order chi connectivity index (χ1) is 15.0. The van der Waals surface area contributed by atoms with E-state index in [-0.39, 0.29) is 11.3 Å². The number of nitrogens with one attached hydrogen (secondary N) is 1. The second kappa shape index (κ2) is 8.39. The van der Waals surface area contributed by atoms with Crippen LogP contribution in [0.4, 0.5) is 5.69 Å². The third kappa shape index (κ3) is 4.02. The van der Waals surface area contributed by atoms with Crippen LogP contribution in [-0.4, -0.2) is 20.4 Å². The number of rotatable bonds is 6. The van der Waals surface area contributed by atoms with E-state index in [0.717, 1.165) is 22.4 Å². The number of hydrogen-bond acceptors (Lipinski definition) is 4. The first kappa shape index (κ1) is 20.3. The van der Waals surface area contributed by atoms with E-state index in [1.54, 1.807) is 19.1 Å². The molecule has 31 heavy (non-hydrogen) atoms. The minimum atomic E-state index is -0.507. The topological polar surface area (TPSA) is 90.1 Å². The summed E-state index contributed by atoms with van der Waals surface area (Å²) in [6, 6.07) is 21.8. The van der Waals surface area contributed by atoms with E-state index in [0.29, 0.717) is 12.0 Å². The number of imidazole rings is 1. The average Bonchev–Trinajstić information content (AvgIpc) is 3.09. The van der Waals surface area contributed by atoms with Crippen LogP contribution in [0.5, 0.6) is 0 Å². The molecule has 0 aliphatic carbocycles. The highest BCUT2D eigenvalue weighted by Crippen LogP contribution is 2.26. The zero-order valence-corrected chi connectivity index (χ0v) is 17.3. The lowest BCUT2D eigenvalue weighted by Crippen LogP contribution is -2.31. The standard InChI is InChI=1S/C24H22N4O3/c1-16-9-8-12-18(23(16)28(30)31)24(29)26-20(17-10-4-3-5-11-17)15-22-25-19-13-6-7-14-21(19)27(22)2/h3-14,20H,15H2,1-2H3,(H,26,29)/t20-/m1/s1. The van der Waals surface area contributed by atoms with Gasteiger partial charge in [0.05, 0.1) is 22.0 Å². The van der Waals surface area contributed by atoms with Gasteiger partial charge in [-0.1, -0.05) is 54.6 Å². The van der Waals surface area contributed by atoms with Crippen molar-refractivity contribution >= 4 is 22.6 Å². The molecule has 0 bridgehead atoms. The summed E-state index contributed by atoms with van der Waals surface area (Å²) in [6.07, 6.45) is 0.445. The number of hydrogen-bond donors (Lipinski definition) is 1. The van der Waals surface area contributed by atoms with Crippen molar-refractivity contribution in [3.8, 4) is 0 Å². The van der Waals surface area contributed by atoms with Crippen LogP contribution >= 0.6 is 0 Å². The molecule has 0 aliphatic heterocycles. The molecule has 0 spiro atoms. The Labute approximate surface area is 179 Å². The molecule has 1 atom stereocenters. The largest absolute Gasteiger partial charge is 0.345 e. The summed E-state index contributed by atoms with van der Waals surface area (Å²) in [5.74, 6) is 0.331. The van der Waals surface area contributed by atoms with Gasteiger partial charge in [-0.3, -0.25) is 14.9 Å². The molecule has 4 aromatic rings. The van der Waals surface area contributed by atoms with Gasteiger partial charge in [-0.25, -0.2) is 4.98 Å². The van der Waals surface area contributed by atoms with Gasteiger partial charge in [0, 0.05) is 19.0 Å². The van der Waals surface area contributed by atoms with Crippen LogP contribution in [0.1, 0.15) is 33.4 Å². The Morgan fingerprint density at radius 1 is 1.06 bits per heavy atom. The van der Waals surface area contributed by atoms with E-state index >= 15 is 0 Å². The smallest absolute Gasteiger partial charge is 0.285 e. The molecular weight excluding hydrogens is 392 g/mol. The van der Waals surface area contributed by atoms with Crippen molar-refractivity contribution < 1.29 is 9.72 Å². The number of fused-ring (bicyclic) bond motifs is 1. The summed E-state index contributed by atoms with van der Waals surface area (Å²) in [5.41, 5.74) is 3.12. The second-order valence-corrected chi connectivity index (χ2v) is 7.44. The van der Waals surface area contributed by atoms with Crippen molar-refractivity contribution in [2.24, 2.45) is 7.05 Å². The zero-order chi connectivity index (χ0) is 22.0. The number of para-hydroxylation sites is 3. The molecule has 0 unspecified atom stereocenters. The molecule has 0 saturated carbocycles. The number of aryl methyl sites for hydroxylation is 2. The fourth-order valence-electron chi connectivity index (χ4n) is 3.82. The van der Waals surface area contributed by atoms with Crippen molar-refractivity contribution in [2.45, 2.75) is 19.4 Å². The van der Waals surface area contributed by atoms with E-state index in [2.05, 4.69) is 5.32 Å². The van der Waals surface area contributed by atoms with E-state index in [1.807, 2.05) is 66.2 Å². The second-order valence-electron chi connectivity index (χ2n) is 7.44. The summed E-state index contributed by atoms with van der Waals surface area (Å²) in [6.45, 7) is 1.63. The number of amides is 1. The molecule has 7 heteroatoms. The summed E-state index contributed by atoms with van der Waals surface area (Å²) < 4.78 is 2.01. The fourth-order valence-corrected chi connectivity index (χ4v) is 3.82. The molecule has 0 radical (unpaired) electrons. The van der Waals surface area contributed by atoms with E-state index in [4.69, 9.17) is 4.98 Å². The van der Waals surface area contributed by atoms with E-state index in [9.17, 15) is 14.9 Å². The number of nitro benzene ring substituents is 1. The van der Waals surface area contributed by atoms with Gasteiger partial charge in [0.25, 0.3) is 11.6 Å². The van der Waals surface area contributed by atoms with Gasteiger partial charge in [-0.2, -0.15) is 0 Å². The Morgan fingerprint density at radius 3 is 2.48 bits per heavy atom. The molecule has 1 amide bonds. The molecule has 0 aliphatic rings. The first-order valence-electron chi connectivity index (χ1n) is 9.96. The highest BCUT2D eigenvalue weighted by Gasteiger charge is 2.25. The van der Waals surface area contributed by atoms with Gasteiger partial charge >= 0.3 is 0 Å². The highest BCUT2D eigenvalue weighted by molar-refractivity contribution is 5.98. The molecule has 4 rings (SSSR count). The number of nitrogens with zero attached hydrogens (tertiary/aromatic N) is 3. The molecule has 0 saturated heterocycles. The van der Waals surface area contributed by atoms with Crippen LogP contribution < -0.4 is 5.32 Å². The maximum absolute atomic E-state index is 13.1. The molecular formula is C24H22N4O3. The fraction of sp³-hybridized carbons (Fsp3) is 0.167. The van der Waals surface area contributed by atoms with Crippen LogP contribution in [0, 0.1) is 17.0 Å². The van der Waals surface area contributed by atoms with Crippen molar-refractivity contribution in [3.63, 3.8) is 0 Å². The number of nitro groups is 1. The number of benzene rings is 3. The summed E-state index contributed by atoms with van der Waals surface area (Å²) >= 11 is 0. The van der Waals surface area contributed by atoms with Crippen LogP contribution in [0.3, 0.4) is 0 Å². The minimum absolute atomic E-state index is 0.0518. The van der Waals surface area contributed by atoms with Crippen LogP contribution in [0.25, 0.3) is 11.0 Å². The lowest BCUT2D eigenvalue weighted by Gasteiger charge is -2.19. The molecule has 1 N–H and O–H groups in total. The Balaban J connectivity index is 1.70. The van der Waals surface area contributed by atoms with Gasteiger partial charge < -0.3 is 9.88 Å². The van der Waals surface area contributed by atoms with Crippen molar-refractivity contribution in [3.05, 3.63) is 105 Å². The molecule has 1 heterocycles. The van der Waals surface area contributed by atoms with Crippen molar-refractivity contribution in [1.29, 1.82) is 0 Å². The molecule has 0 fully saturated rings. The number of carbonyl (C=O) groups excluding carboxylic acids is 1. The Bertz CT molecular complexity index is 1260. The van der Waals surface area contributed by atoms with Crippen LogP contribution in [0.2, 0.25) is 0 Å². The normalized spacial score (nSPS) is 11.9. The predicted octanol–water partition coefficient (Wildman–Crippen LogP) is 4.50. The zero-order valence-electron chi connectivity index (χ0n) is 17.3. The van der Waals surface area contributed by atoms with Crippen molar-refractivity contribution in [1.82, 2.24) is 14.9 Å². The van der Waals surface area contributed by atoms with Gasteiger partial charge in [0.2, 0.25) is 0 Å². The quantitative estimate of drug-likeness (QED) is 0.371. The monoisotopic (exact) mass is 414 g/mol. The van der Waals surface area contributed by atoms with Gasteiger partial charge in [-0.15, -0.1) is 0 Å². The molecule has 3 aromatic carbocycles. The van der Waals surface area contributed by atoms with Crippen molar-refractivity contribution in [2.75, 3.05) is 0 Å². The van der Waals surface area contributed by atoms with Gasteiger partial charge in [0.15, 0.2) is 0 Å². The highest BCUT2D eigenvalue weighted by atomic mass is 16.6. The van der Waals surface area contributed by atoms with E-state index < -0.39 is 16.9 Å². The maximum atomic E-state index is 13.1. The Kier molecular flexibility index (Phi) is 5.49. The lowest BCUT2D eigenvalue weighted by atomic mass is 10.0. The molecule has 7 nitrogen and oxygen atoms in total. The Hall–Kier alpha value is -4.00. The lowest BCUT2D eigenvalue weighted by molar-refractivity contribution is -0.385.